The van der Waals surface area contributed by atoms with Gasteiger partial charge in [0.05, 0.1) is 79.3 Å². The minimum atomic E-state index is -0.849. The summed E-state index contributed by atoms with van der Waals surface area (Å²) in [6, 6.07) is 13.3. The minimum absolute atomic E-state index is 0.319. The summed E-state index contributed by atoms with van der Waals surface area (Å²) in [5.74, 6) is -1.70. The minimum Gasteiger partial charge on any atom is -0.392 e. The third-order valence-corrected chi connectivity index (χ3v) is 9.59. The molecule has 0 heterocycles. The maximum atomic E-state index is 10.4. The fourth-order valence-corrected chi connectivity index (χ4v) is 7.11. The maximum absolute atomic E-state index is 10.4. The number of hydrogen-bond acceptors (Lipinski definition) is 12. The molecule has 270 valence electrons. The van der Waals surface area contributed by atoms with Crippen LogP contribution in [0.3, 0.4) is 0 Å². The third-order valence-electron chi connectivity index (χ3n) is 9.59. The van der Waals surface area contributed by atoms with Gasteiger partial charge in [-0.25, -0.2) is 0 Å². The highest BCUT2D eigenvalue weighted by atomic mass is 16.3. The summed E-state index contributed by atoms with van der Waals surface area (Å²) < 4.78 is 0. The summed E-state index contributed by atoms with van der Waals surface area (Å²) in [5.41, 5.74) is 5.84. The largest absolute Gasteiger partial charge is 0.392 e. The first-order valence-electron chi connectivity index (χ1n) is 16.1. The second kappa shape index (κ2) is 18.1. The van der Waals surface area contributed by atoms with Crippen molar-refractivity contribution in [1.82, 2.24) is 0 Å². The van der Waals surface area contributed by atoms with Crippen LogP contribution in [-0.2, 0) is 79.3 Å². The zero-order chi connectivity index (χ0) is 36.5. The van der Waals surface area contributed by atoms with E-state index < -0.39 is 91.1 Å². The van der Waals surface area contributed by atoms with E-state index in [1.807, 2.05) is 0 Å². The molecule has 0 saturated heterocycles. The fourth-order valence-electron chi connectivity index (χ4n) is 7.11. The van der Waals surface area contributed by atoms with Crippen LogP contribution in [0.15, 0.2) is 48.5 Å². The average Bonchev–Trinajstić information content (AvgIpc) is 3.17. The van der Waals surface area contributed by atoms with Gasteiger partial charge in [0.25, 0.3) is 0 Å². The lowest BCUT2D eigenvalue weighted by Gasteiger charge is -2.33. The Morgan fingerprint density at radius 1 is 0.240 bits per heavy atom. The van der Waals surface area contributed by atoms with Crippen LogP contribution in [0.5, 0.6) is 0 Å². The lowest BCUT2D eigenvalue weighted by molar-refractivity contribution is 0.246. The van der Waals surface area contributed by atoms with Crippen molar-refractivity contribution in [3.05, 3.63) is 138 Å². The van der Waals surface area contributed by atoms with Crippen molar-refractivity contribution < 1.29 is 61.3 Å². The monoisotopic (exact) mass is 694 g/mol. The Hall–Kier alpha value is -3.60. The Labute approximate surface area is 289 Å². The van der Waals surface area contributed by atoms with Crippen LogP contribution >= 0.6 is 0 Å². The predicted molar refractivity (Wildman–Crippen MR) is 181 cm³/mol. The SMILES string of the molecule is OCc1cc(C(c2cc(CO)c(CO)c(CO)c2)C(c2cc(CO)c(CO)c(CO)c2)c2cc(CO)c(CO)c(CO)c2)cc(CO)c1CO. The van der Waals surface area contributed by atoms with Gasteiger partial charge in [-0.3, -0.25) is 0 Å². The van der Waals surface area contributed by atoms with Crippen LogP contribution in [0.25, 0.3) is 0 Å². The average molecular weight is 695 g/mol. The molecule has 0 atom stereocenters. The Bertz CT molecular complexity index is 1410. The molecule has 4 aromatic rings. The van der Waals surface area contributed by atoms with E-state index in [1.54, 1.807) is 48.5 Å². The Balaban J connectivity index is 2.27. The van der Waals surface area contributed by atoms with Crippen molar-refractivity contribution in [2.45, 2.75) is 91.1 Å². The van der Waals surface area contributed by atoms with Crippen LogP contribution in [0.2, 0.25) is 0 Å². The van der Waals surface area contributed by atoms with Gasteiger partial charge in [-0.05, 0) is 89.0 Å². The van der Waals surface area contributed by atoms with Crippen molar-refractivity contribution in [2.75, 3.05) is 0 Å². The van der Waals surface area contributed by atoms with Gasteiger partial charge in [-0.1, -0.05) is 48.5 Å². The highest BCUT2D eigenvalue weighted by Crippen LogP contribution is 2.46. The summed E-state index contributed by atoms with van der Waals surface area (Å²) in [6.45, 7) is -5.86. The Morgan fingerprint density at radius 2 is 0.380 bits per heavy atom. The van der Waals surface area contributed by atoms with Gasteiger partial charge < -0.3 is 61.3 Å². The first-order valence-corrected chi connectivity index (χ1v) is 16.1. The zero-order valence-electron chi connectivity index (χ0n) is 27.6. The van der Waals surface area contributed by atoms with Gasteiger partial charge in [0.1, 0.15) is 0 Å². The second-order valence-corrected chi connectivity index (χ2v) is 12.1. The molecule has 0 aliphatic heterocycles. The van der Waals surface area contributed by atoms with E-state index in [2.05, 4.69) is 0 Å². The van der Waals surface area contributed by atoms with E-state index in [0.717, 1.165) is 0 Å². The molecular formula is C38H46O12. The summed E-state index contributed by atoms with van der Waals surface area (Å²) in [6.07, 6.45) is 0. The standard InChI is InChI=1S/C38H46O12/c39-9-25-1-21(2-26(10-40)33(25)17-47)37(22-3-27(11-41)34(18-48)28(4-22)12-42)38(23-5-29(13-43)35(19-49)30(6-23)14-44)24-7-31(15-45)36(20-50)32(8-24)16-46/h1-8,37-50H,9-20H2. The van der Waals surface area contributed by atoms with E-state index in [4.69, 9.17) is 0 Å². The molecular weight excluding hydrogens is 648 g/mol. The van der Waals surface area contributed by atoms with Gasteiger partial charge in [-0.15, -0.1) is 0 Å². The van der Waals surface area contributed by atoms with E-state index >= 15 is 0 Å². The number of aliphatic hydroxyl groups excluding tert-OH is 12. The molecule has 4 rings (SSSR count). The number of aliphatic hydroxyl groups is 12. The summed E-state index contributed by atoms with van der Waals surface area (Å²) in [5, 5.41) is 124. The second-order valence-electron chi connectivity index (χ2n) is 12.1. The quantitative estimate of drug-likeness (QED) is 0.0726. The molecule has 0 aliphatic carbocycles. The first-order chi connectivity index (χ1) is 24.2. The van der Waals surface area contributed by atoms with Gasteiger partial charge in [-0.2, -0.15) is 0 Å². The van der Waals surface area contributed by atoms with Gasteiger partial charge in [0.15, 0.2) is 0 Å². The molecule has 0 aromatic heterocycles. The molecule has 0 aliphatic rings. The lowest BCUT2D eigenvalue weighted by Crippen LogP contribution is -2.19. The van der Waals surface area contributed by atoms with E-state index in [9.17, 15) is 61.3 Å². The van der Waals surface area contributed by atoms with Crippen molar-refractivity contribution >= 4 is 0 Å². The Morgan fingerprint density at radius 3 is 0.480 bits per heavy atom. The fraction of sp³-hybridized carbons (Fsp3) is 0.368. The Kier molecular flexibility index (Phi) is 14.2. The van der Waals surface area contributed by atoms with Gasteiger partial charge in [0.2, 0.25) is 0 Å². The lowest BCUT2D eigenvalue weighted by atomic mass is 9.70. The predicted octanol–water partition coefficient (Wildman–Crippen LogP) is 0.558. The highest BCUT2D eigenvalue weighted by Gasteiger charge is 2.33. The molecule has 0 saturated carbocycles. The molecule has 4 aromatic carbocycles. The van der Waals surface area contributed by atoms with Crippen LogP contribution in [0, 0.1) is 0 Å². The van der Waals surface area contributed by atoms with Gasteiger partial charge in [0, 0.05) is 11.8 Å². The molecule has 0 bridgehead atoms. The van der Waals surface area contributed by atoms with Crippen molar-refractivity contribution in [3.8, 4) is 0 Å². The molecule has 0 radical (unpaired) electrons. The van der Waals surface area contributed by atoms with Crippen LogP contribution in [-0.4, -0.2) is 61.3 Å². The normalized spacial score (nSPS) is 11.7. The molecule has 12 N–H and O–H groups in total. The summed E-state index contributed by atoms with van der Waals surface area (Å²) in [7, 11) is 0. The first kappa shape index (κ1) is 39.2. The summed E-state index contributed by atoms with van der Waals surface area (Å²) in [4.78, 5) is 0. The van der Waals surface area contributed by atoms with Crippen molar-refractivity contribution in [3.63, 3.8) is 0 Å². The molecule has 0 unspecified atom stereocenters. The molecule has 0 fully saturated rings. The molecule has 12 heteroatoms. The molecule has 12 nitrogen and oxygen atoms in total. The van der Waals surface area contributed by atoms with Crippen LogP contribution in [0.1, 0.15) is 101 Å². The van der Waals surface area contributed by atoms with E-state index in [0.29, 0.717) is 89.0 Å². The third kappa shape index (κ3) is 7.67. The van der Waals surface area contributed by atoms with Crippen LogP contribution < -0.4 is 0 Å². The van der Waals surface area contributed by atoms with Crippen molar-refractivity contribution in [1.29, 1.82) is 0 Å². The number of hydrogen-bond donors (Lipinski definition) is 12. The topological polar surface area (TPSA) is 243 Å². The summed E-state index contributed by atoms with van der Waals surface area (Å²) >= 11 is 0. The maximum Gasteiger partial charge on any atom is 0.0688 e. The molecule has 0 spiro atoms. The smallest absolute Gasteiger partial charge is 0.0688 e. The highest BCUT2D eigenvalue weighted by molar-refractivity contribution is 5.54. The number of benzene rings is 4. The molecule has 0 amide bonds. The van der Waals surface area contributed by atoms with E-state index in [1.165, 1.54) is 0 Å². The van der Waals surface area contributed by atoms with Crippen molar-refractivity contribution in [2.24, 2.45) is 0 Å². The number of rotatable bonds is 17. The van der Waals surface area contributed by atoms with Crippen LogP contribution in [0.4, 0.5) is 0 Å². The molecule has 50 heavy (non-hydrogen) atoms. The van der Waals surface area contributed by atoms with E-state index in [-0.39, 0.29) is 0 Å². The van der Waals surface area contributed by atoms with Gasteiger partial charge >= 0.3 is 0 Å². The zero-order valence-corrected chi connectivity index (χ0v) is 27.6.